The topological polar surface area (TPSA) is 93.5 Å². The van der Waals surface area contributed by atoms with Gasteiger partial charge in [0, 0.05) is 16.8 Å². The number of carboxylic acid groups (broad SMARTS) is 1. The molecule has 0 aliphatic heterocycles. The number of nitrogens with one attached hydrogen (secondary N) is 1. The molecule has 0 atom stereocenters. The van der Waals surface area contributed by atoms with E-state index in [4.69, 9.17) is 21.4 Å². The third-order valence-electron chi connectivity index (χ3n) is 3.54. The SMILES string of the molecule is Cc1c(Cl)cccc1OCC(=O)Nc1cnn(C(C)(C)C(=O)O)c1. The van der Waals surface area contributed by atoms with Crippen molar-refractivity contribution in [1.29, 1.82) is 0 Å². The van der Waals surface area contributed by atoms with Crippen molar-refractivity contribution in [3.05, 3.63) is 41.2 Å². The number of carbonyl (C=O) groups excluding carboxylic acids is 1. The van der Waals surface area contributed by atoms with Crippen molar-refractivity contribution in [1.82, 2.24) is 9.78 Å². The summed E-state index contributed by atoms with van der Waals surface area (Å²) in [5, 5.41) is 16.3. The number of halogens is 1. The van der Waals surface area contributed by atoms with E-state index >= 15 is 0 Å². The number of aromatic nitrogens is 2. The fourth-order valence-electron chi connectivity index (χ4n) is 1.88. The van der Waals surface area contributed by atoms with Crippen LogP contribution in [-0.2, 0) is 15.1 Å². The summed E-state index contributed by atoms with van der Waals surface area (Å²) in [5.41, 5.74) is -0.0686. The highest BCUT2D eigenvalue weighted by atomic mass is 35.5. The molecular formula is C16H18ClN3O4. The highest BCUT2D eigenvalue weighted by Crippen LogP contribution is 2.25. The van der Waals surface area contributed by atoms with Crippen molar-refractivity contribution in [2.45, 2.75) is 26.3 Å². The van der Waals surface area contributed by atoms with Gasteiger partial charge >= 0.3 is 5.97 Å². The van der Waals surface area contributed by atoms with Gasteiger partial charge in [0.15, 0.2) is 12.1 Å². The molecule has 1 aromatic heterocycles. The van der Waals surface area contributed by atoms with E-state index in [1.165, 1.54) is 30.9 Å². The standard InChI is InChI=1S/C16H18ClN3O4/c1-10-12(17)5-4-6-13(10)24-9-14(21)19-11-7-18-20(8-11)16(2,3)15(22)23/h4-8H,9H2,1-3H3,(H,19,21)(H,22,23). The van der Waals surface area contributed by atoms with Gasteiger partial charge in [0.1, 0.15) is 5.75 Å². The van der Waals surface area contributed by atoms with Crippen LogP contribution in [0, 0.1) is 6.92 Å². The number of hydrogen-bond acceptors (Lipinski definition) is 4. The van der Waals surface area contributed by atoms with Crippen LogP contribution in [0.2, 0.25) is 5.02 Å². The molecule has 0 fully saturated rings. The Morgan fingerprint density at radius 2 is 2.12 bits per heavy atom. The average Bonchev–Trinajstić information content (AvgIpc) is 2.97. The maximum absolute atomic E-state index is 12.0. The molecule has 0 aliphatic carbocycles. The van der Waals surface area contributed by atoms with E-state index in [1.54, 1.807) is 25.1 Å². The van der Waals surface area contributed by atoms with E-state index in [-0.39, 0.29) is 12.5 Å². The predicted octanol–water partition coefficient (Wildman–Crippen LogP) is 2.68. The number of amides is 1. The summed E-state index contributed by atoms with van der Waals surface area (Å²) in [4.78, 5) is 23.1. The minimum atomic E-state index is -1.21. The molecule has 2 N–H and O–H groups in total. The molecule has 1 heterocycles. The van der Waals surface area contributed by atoms with Crippen molar-refractivity contribution in [2.24, 2.45) is 0 Å². The molecule has 0 saturated carbocycles. The number of ether oxygens (including phenoxy) is 1. The average molecular weight is 352 g/mol. The smallest absolute Gasteiger partial charge is 0.331 e. The molecule has 1 amide bonds. The van der Waals surface area contributed by atoms with Crippen LogP contribution >= 0.6 is 11.6 Å². The number of hydrogen-bond donors (Lipinski definition) is 2. The third kappa shape index (κ3) is 3.86. The molecule has 0 radical (unpaired) electrons. The summed E-state index contributed by atoms with van der Waals surface area (Å²) >= 11 is 5.99. The molecule has 2 rings (SSSR count). The number of carboxylic acids is 1. The van der Waals surface area contributed by atoms with Crippen LogP contribution in [0.5, 0.6) is 5.75 Å². The first-order valence-corrected chi connectivity index (χ1v) is 7.56. The molecule has 0 saturated heterocycles. The van der Waals surface area contributed by atoms with Crippen molar-refractivity contribution >= 4 is 29.2 Å². The molecular weight excluding hydrogens is 334 g/mol. The number of aliphatic carboxylic acids is 1. The lowest BCUT2D eigenvalue weighted by Crippen LogP contribution is -2.35. The van der Waals surface area contributed by atoms with Gasteiger partial charge in [0.2, 0.25) is 0 Å². The number of benzene rings is 1. The Hall–Kier alpha value is -2.54. The lowest BCUT2D eigenvalue weighted by molar-refractivity contribution is -0.146. The predicted molar refractivity (Wildman–Crippen MR) is 89.5 cm³/mol. The van der Waals surface area contributed by atoms with E-state index in [0.717, 1.165) is 5.56 Å². The molecule has 0 spiro atoms. The van der Waals surface area contributed by atoms with Gasteiger partial charge in [0.25, 0.3) is 5.91 Å². The van der Waals surface area contributed by atoms with E-state index in [2.05, 4.69) is 10.4 Å². The molecule has 8 heteroatoms. The molecule has 1 aromatic carbocycles. The van der Waals surface area contributed by atoms with E-state index in [0.29, 0.717) is 16.5 Å². The maximum Gasteiger partial charge on any atom is 0.331 e. The van der Waals surface area contributed by atoms with Gasteiger partial charge < -0.3 is 15.2 Å². The molecule has 128 valence electrons. The van der Waals surface area contributed by atoms with Crippen molar-refractivity contribution < 1.29 is 19.4 Å². The molecule has 0 bridgehead atoms. The molecule has 24 heavy (non-hydrogen) atoms. The second-order valence-electron chi connectivity index (χ2n) is 5.74. The van der Waals surface area contributed by atoms with Gasteiger partial charge in [-0.2, -0.15) is 5.10 Å². The van der Waals surface area contributed by atoms with Gasteiger partial charge in [-0.15, -0.1) is 0 Å². The quantitative estimate of drug-likeness (QED) is 0.834. The van der Waals surface area contributed by atoms with Gasteiger partial charge in [0.05, 0.1) is 11.9 Å². The first-order chi connectivity index (χ1) is 11.2. The van der Waals surface area contributed by atoms with Gasteiger partial charge in [-0.3, -0.25) is 9.48 Å². The number of carbonyl (C=O) groups is 2. The summed E-state index contributed by atoms with van der Waals surface area (Å²) in [6.45, 7) is 4.63. The van der Waals surface area contributed by atoms with Gasteiger partial charge in [-0.05, 0) is 32.9 Å². The normalized spacial score (nSPS) is 11.2. The minimum absolute atomic E-state index is 0.200. The van der Waals surface area contributed by atoms with Gasteiger partial charge in [-0.25, -0.2) is 4.79 Å². The lowest BCUT2D eigenvalue weighted by atomic mass is 10.1. The van der Waals surface area contributed by atoms with Crippen LogP contribution in [-0.4, -0.2) is 33.4 Å². The van der Waals surface area contributed by atoms with Crippen LogP contribution in [0.15, 0.2) is 30.6 Å². The third-order valence-corrected chi connectivity index (χ3v) is 3.95. The zero-order valence-electron chi connectivity index (χ0n) is 13.5. The molecule has 2 aromatic rings. The second-order valence-corrected chi connectivity index (χ2v) is 6.14. The molecule has 7 nitrogen and oxygen atoms in total. The van der Waals surface area contributed by atoms with E-state index in [9.17, 15) is 9.59 Å². The van der Waals surface area contributed by atoms with Gasteiger partial charge in [-0.1, -0.05) is 17.7 Å². The fourth-order valence-corrected chi connectivity index (χ4v) is 2.04. The monoisotopic (exact) mass is 351 g/mol. The Bertz CT molecular complexity index is 770. The summed E-state index contributed by atoms with van der Waals surface area (Å²) in [5.74, 6) is -0.884. The maximum atomic E-state index is 12.0. The van der Waals surface area contributed by atoms with Crippen molar-refractivity contribution in [3.63, 3.8) is 0 Å². The van der Waals surface area contributed by atoms with E-state index < -0.39 is 11.5 Å². The summed E-state index contributed by atoms with van der Waals surface area (Å²) < 4.78 is 6.72. The van der Waals surface area contributed by atoms with Crippen LogP contribution in [0.1, 0.15) is 19.4 Å². The molecule has 0 aliphatic rings. The summed E-state index contributed by atoms with van der Waals surface area (Å²) in [6.07, 6.45) is 2.84. The molecule has 0 unspecified atom stereocenters. The van der Waals surface area contributed by atoms with Crippen LogP contribution in [0.3, 0.4) is 0 Å². The van der Waals surface area contributed by atoms with E-state index in [1.807, 2.05) is 0 Å². The fraction of sp³-hybridized carbons (Fsp3) is 0.312. The number of anilines is 1. The Morgan fingerprint density at radius 1 is 1.42 bits per heavy atom. The highest BCUT2D eigenvalue weighted by Gasteiger charge is 2.30. The van der Waals surface area contributed by atoms with Crippen molar-refractivity contribution in [2.75, 3.05) is 11.9 Å². The summed E-state index contributed by atoms with van der Waals surface area (Å²) in [6, 6.07) is 5.20. The zero-order valence-corrected chi connectivity index (χ0v) is 14.3. The largest absolute Gasteiger partial charge is 0.483 e. The zero-order chi connectivity index (χ0) is 17.9. The Balaban J connectivity index is 1.97. The summed E-state index contributed by atoms with van der Waals surface area (Å²) in [7, 11) is 0. The number of rotatable bonds is 6. The first-order valence-electron chi connectivity index (χ1n) is 7.18. The Labute approximate surface area is 144 Å². The second kappa shape index (κ2) is 6.92. The minimum Gasteiger partial charge on any atom is -0.483 e. The Morgan fingerprint density at radius 3 is 2.79 bits per heavy atom. The first kappa shape index (κ1) is 17.8. The number of nitrogens with zero attached hydrogens (tertiary/aromatic N) is 2. The van der Waals surface area contributed by atoms with Crippen molar-refractivity contribution in [3.8, 4) is 5.75 Å². The highest BCUT2D eigenvalue weighted by molar-refractivity contribution is 6.31. The van der Waals surface area contributed by atoms with Crippen LogP contribution < -0.4 is 10.1 Å². The van der Waals surface area contributed by atoms with Crippen LogP contribution in [0.4, 0.5) is 5.69 Å². The Kier molecular flexibility index (Phi) is 5.14. The lowest BCUT2D eigenvalue weighted by Gasteiger charge is -2.19. The van der Waals surface area contributed by atoms with Crippen LogP contribution in [0.25, 0.3) is 0 Å².